The van der Waals surface area contributed by atoms with Crippen molar-refractivity contribution in [3.8, 4) is 0 Å². The fraction of sp³-hybridized carbons (Fsp3) is 0.625. The van der Waals surface area contributed by atoms with E-state index in [1.54, 1.807) is 0 Å². The molecule has 1 unspecified atom stereocenters. The second-order valence-corrected chi connectivity index (χ2v) is 3.96. The Morgan fingerprint density at radius 3 is 3.13 bits per heavy atom. The van der Waals surface area contributed by atoms with E-state index in [1.807, 2.05) is 6.92 Å². The number of rotatable bonds is 7. The summed E-state index contributed by atoms with van der Waals surface area (Å²) in [5.41, 5.74) is 0. The van der Waals surface area contributed by atoms with Crippen molar-refractivity contribution in [3.05, 3.63) is 6.33 Å². The van der Waals surface area contributed by atoms with E-state index in [0.717, 1.165) is 5.16 Å². The monoisotopic (exact) mass is 230 g/mol. The molecule has 0 spiro atoms. The summed E-state index contributed by atoms with van der Waals surface area (Å²) in [5.74, 6) is -0.117. The first-order chi connectivity index (χ1) is 7.24. The zero-order valence-corrected chi connectivity index (χ0v) is 9.25. The Labute approximate surface area is 91.9 Å². The fourth-order valence-corrected chi connectivity index (χ4v) is 1.88. The van der Waals surface area contributed by atoms with Crippen molar-refractivity contribution < 1.29 is 9.90 Å². The quantitative estimate of drug-likeness (QED) is 0.585. The van der Waals surface area contributed by atoms with Crippen LogP contribution in [0.15, 0.2) is 11.5 Å². The number of hydrogen-bond acceptors (Lipinski definition) is 5. The van der Waals surface area contributed by atoms with Crippen LogP contribution in [0, 0.1) is 0 Å². The first-order valence-electron chi connectivity index (χ1n) is 4.68. The number of aromatic amines is 1. The van der Waals surface area contributed by atoms with Gasteiger partial charge in [0.05, 0.1) is 0 Å². The van der Waals surface area contributed by atoms with Gasteiger partial charge in [0.2, 0.25) is 0 Å². The van der Waals surface area contributed by atoms with E-state index in [2.05, 4.69) is 20.5 Å². The van der Waals surface area contributed by atoms with Crippen molar-refractivity contribution in [2.24, 2.45) is 0 Å². The van der Waals surface area contributed by atoms with Gasteiger partial charge in [-0.3, -0.25) is 9.89 Å². The van der Waals surface area contributed by atoms with E-state index >= 15 is 0 Å². The number of nitrogens with zero attached hydrogens (tertiary/aromatic N) is 2. The van der Waals surface area contributed by atoms with Gasteiger partial charge in [0.1, 0.15) is 12.4 Å². The third-order valence-electron chi connectivity index (χ3n) is 1.79. The molecular formula is C8H14N4O2S. The van der Waals surface area contributed by atoms with Gasteiger partial charge in [-0.05, 0) is 13.0 Å². The van der Waals surface area contributed by atoms with E-state index in [0.29, 0.717) is 18.7 Å². The van der Waals surface area contributed by atoms with Crippen molar-refractivity contribution in [2.75, 3.05) is 12.3 Å². The van der Waals surface area contributed by atoms with Crippen LogP contribution in [0.25, 0.3) is 0 Å². The molecule has 1 aromatic rings. The van der Waals surface area contributed by atoms with Gasteiger partial charge < -0.3 is 10.4 Å². The number of H-pyrrole nitrogens is 1. The minimum Gasteiger partial charge on any atom is -0.480 e. The van der Waals surface area contributed by atoms with Crippen LogP contribution in [0.2, 0.25) is 0 Å². The highest BCUT2D eigenvalue weighted by molar-refractivity contribution is 7.99. The maximum atomic E-state index is 10.8. The highest BCUT2D eigenvalue weighted by atomic mass is 32.2. The summed E-state index contributed by atoms with van der Waals surface area (Å²) in [7, 11) is 0. The molecular weight excluding hydrogens is 216 g/mol. The summed E-state index contributed by atoms with van der Waals surface area (Å²) in [6.07, 6.45) is 2.00. The van der Waals surface area contributed by atoms with Crippen LogP contribution in [0.4, 0.5) is 0 Å². The minimum absolute atomic E-state index is 0.481. The largest absolute Gasteiger partial charge is 0.480 e. The highest BCUT2D eigenvalue weighted by Gasteiger charge is 2.15. The predicted molar refractivity (Wildman–Crippen MR) is 56.8 cm³/mol. The van der Waals surface area contributed by atoms with Crippen LogP contribution in [-0.4, -0.2) is 44.6 Å². The second kappa shape index (κ2) is 6.41. The molecule has 84 valence electrons. The number of nitrogens with one attached hydrogen (secondary N) is 2. The Kier molecular flexibility index (Phi) is 5.13. The van der Waals surface area contributed by atoms with E-state index in [4.69, 9.17) is 5.11 Å². The van der Waals surface area contributed by atoms with E-state index in [9.17, 15) is 4.79 Å². The number of aromatic nitrogens is 3. The molecule has 3 N–H and O–H groups in total. The van der Waals surface area contributed by atoms with Gasteiger partial charge in [0.15, 0.2) is 5.16 Å². The lowest BCUT2D eigenvalue weighted by atomic mass is 10.2. The molecule has 0 aromatic carbocycles. The smallest absolute Gasteiger partial charge is 0.320 e. The van der Waals surface area contributed by atoms with Gasteiger partial charge in [0.25, 0.3) is 0 Å². The third-order valence-corrected chi connectivity index (χ3v) is 2.70. The predicted octanol–water partition coefficient (Wildman–Crippen LogP) is 0.350. The average molecular weight is 230 g/mol. The molecule has 0 bridgehead atoms. The first kappa shape index (κ1) is 12.0. The minimum atomic E-state index is -0.810. The number of carbonyl (C=O) groups is 1. The van der Waals surface area contributed by atoms with Gasteiger partial charge in [-0.15, -0.1) is 0 Å². The number of aliphatic carboxylic acids is 1. The van der Waals surface area contributed by atoms with Crippen molar-refractivity contribution in [3.63, 3.8) is 0 Å². The van der Waals surface area contributed by atoms with Gasteiger partial charge >= 0.3 is 5.97 Å². The summed E-state index contributed by atoms with van der Waals surface area (Å²) in [5, 5.41) is 18.9. The average Bonchev–Trinajstić information content (AvgIpc) is 2.69. The zero-order valence-electron chi connectivity index (χ0n) is 8.43. The van der Waals surface area contributed by atoms with Crippen LogP contribution in [-0.2, 0) is 4.79 Å². The molecule has 0 aliphatic rings. The molecule has 15 heavy (non-hydrogen) atoms. The third kappa shape index (κ3) is 4.30. The molecule has 1 heterocycles. The normalized spacial score (nSPS) is 12.6. The van der Waals surface area contributed by atoms with Crippen molar-refractivity contribution in [1.82, 2.24) is 20.5 Å². The van der Waals surface area contributed by atoms with Crippen molar-refractivity contribution >= 4 is 17.7 Å². The molecule has 1 atom stereocenters. The lowest BCUT2D eigenvalue weighted by Crippen LogP contribution is -2.36. The molecule has 0 amide bonds. The summed E-state index contributed by atoms with van der Waals surface area (Å²) < 4.78 is 0. The highest BCUT2D eigenvalue weighted by Crippen LogP contribution is 2.12. The number of thioether (sulfide) groups is 1. The lowest BCUT2D eigenvalue weighted by molar-refractivity contribution is -0.139. The fourth-order valence-electron chi connectivity index (χ4n) is 1.10. The molecule has 0 radical (unpaired) electrons. The van der Waals surface area contributed by atoms with Gasteiger partial charge in [0, 0.05) is 5.75 Å². The summed E-state index contributed by atoms with van der Waals surface area (Å²) in [4.78, 5) is 14.7. The maximum absolute atomic E-state index is 10.8. The standard InChI is InChI=1S/C8H14N4O2S/c1-2-9-6(7(13)14)3-4-15-8-10-5-11-12-8/h5-6,9H,2-4H2,1H3,(H,13,14)(H,10,11,12). The van der Waals surface area contributed by atoms with Crippen molar-refractivity contribution in [1.29, 1.82) is 0 Å². The maximum Gasteiger partial charge on any atom is 0.320 e. The molecule has 7 heteroatoms. The first-order valence-corrected chi connectivity index (χ1v) is 5.67. The number of carboxylic acid groups (broad SMARTS) is 1. The Morgan fingerprint density at radius 2 is 2.60 bits per heavy atom. The summed E-state index contributed by atoms with van der Waals surface area (Å²) >= 11 is 1.47. The van der Waals surface area contributed by atoms with Crippen LogP contribution >= 0.6 is 11.8 Å². The van der Waals surface area contributed by atoms with Crippen LogP contribution in [0.5, 0.6) is 0 Å². The zero-order chi connectivity index (χ0) is 11.1. The molecule has 0 saturated carbocycles. The van der Waals surface area contributed by atoms with Crippen molar-refractivity contribution in [2.45, 2.75) is 24.5 Å². The summed E-state index contributed by atoms with van der Waals surface area (Å²) in [6, 6.07) is -0.481. The van der Waals surface area contributed by atoms with Gasteiger partial charge in [-0.1, -0.05) is 18.7 Å². The van der Waals surface area contributed by atoms with Crippen LogP contribution in [0.1, 0.15) is 13.3 Å². The molecule has 0 aliphatic heterocycles. The molecule has 1 aromatic heterocycles. The topological polar surface area (TPSA) is 90.9 Å². The Bertz CT molecular complexity index is 291. The van der Waals surface area contributed by atoms with E-state index in [1.165, 1.54) is 18.1 Å². The molecule has 1 rings (SSSR count). The molecule has 0 fully saturated rings. The molecule has 6 nitrogen and oxygen atoms in total. The van der Waals surface area contributed by atoms with Crippen LogP contribution < -0.4 is 5.32 Å². The van der Waals surface area contributed by atoms with E-state index in [-0.39, 0.29) is 0 Å². The Morgan fingerprint density at radius 1 is 1.80 bits per heavy atom. The summed E-state index contributed by atoms with van der Waals surface area (Å²) in [6.45, 7) is 2.55. The number of carboxylic acids is 1. The van der Waals surface area contributed by atoms with Gasteiger partial charge in [-0.25, -0.2) is 4.98 Å². The molecule has 0 aliphatic carbocycles. The number of likely N-dealkylation sites (N-methyl/N-ethyl adjacent to an activating group) is 1. The lowest BCUT2D eigenvalue weighted by Gasteiger charge is -2.11. The second-order valence-electron chi connectivity index (χ2n) is 2.88. The van der Waals surface area contributed by atoms with Gasteiger partial charge in [-0.2, -0.15) is 5.10 Å². The Balaban J connectivity index is 2.25. The number of hydrogen-bond donors (Lipinski definition) is 3. The van der Waals surface area contributed by atoms with Crippen LogP contribution in [0.3, 0.4) is 0 Å². The molecule has 0 saturated heterocycles. The Hall–Kier alpha value is -1.08. The SMILES string of the molecule is CCNC(CCSc1ncn[nH]1)C(=O)O. The van der Waals surface area contributed by atoms with E-state index < -0.39 is 12.0 Å².